The molecule has 0 aromatic heterocycles. The SMILES string of the molecule is CCCCCC(N)CC(C)O. The molecule has 2 atom stereocenters. The number of rotatable bonds is 6. The van der Waals surface area contributed by atoms with Crippen molar-refractivity contribution in [3.63, 3.8) is 0 Å². The second-order valence-corrected chi connectivity index (χ2v) is 3.34. The van der Waals surface area contributed by atoms with Crippen molar-refractivity contribution in [3.8, 4) is 0 Å². The first kappa shape index (κ1) is 10.9. The molecule has 0 fully saturated rings. The summed E-state index contributed by atoms with van der Waals surface area (Å²) in [4.78, 5) is 0. The van der Waals surface area contributed by atoms with Crippen LogP contribution in [0.1, 0.15) is 46.0 Å². The van der Waals surface area contributed by atoms with Crippen LogP contribution in [0.2, 0.25) is 0 Å². The summed E-state index contributed by atoms with van der Waals surface area (Å²) in [5, 5.41) is 9.00. The largest absolute Gasteiger partial charge is 0.393 e. The second-order valence-electron chi connectivity index (χ2n) is 3.34. The zero-order valence-corrected chi connectivity index (χ0v) is 7.71. The van der Waals surface area contributed by atoms with Crippen molar-refractivity contribution in [1.82, 2.24) is 0 Å². The predicted octanol–water partition coefficient (Wildman–Crippen LogP) is 1.66. The zero-order chi connectivity index (χ0) is 8.69. The van der Waals surface area contributed by atoms with Crippen LogP contribution in [0.5, 0.6) is 0 Å². The van der Waals surface area contributed by atoms with E-state index in [1.165, 1.54) is 19.3 Å². The van der Waals surface area contributed by atoms with Gasteiger partial charge in [0.25, 0.3) is 0 Å². The van der Waals surface area contributed by atoms with E-state index in [1.807, 2.05) is 0 Å². The molecule has 68 valence electrons. The third-order valence-corrected chi connectivity index (χ3v) is 1.82. The van der Waals surface area contributed by atoms with Gasteiger partial charge in [-0.3, -0.25) is 0 Å². The minimum absolute atomic E-state index is 0.196. The van der Waals surface area contributed by atoms with Crippen LogP contribution in [0.4, 0.5) is 0 Å². The fourth-order valence-corrected chi connectivity index (χ4v) is 1.21. The molecule has 2 heteroatoms. The molecule has 2 nitrogen and oxygen atoms in total. The second kappa shape index (κ2) is 6.62. The highest BCUT2D eigenvalue weighted by Crippen LogP contribution is 2.05. The molecule has 11 heavy (non-hydrogen) atoms. The standard InChI is InChI=1S/C9H21NO/c1-3-4-5-6-9(10)7-8(2)11/h8-9,11H,3-7,10H2,1-2H3. The molecule has 0 amide bonds. The predicted molar refractivity (Wildman–Crippen MR) is 48.4 cm³/mol. The van der Waals surface area contributed by atoms with Crippen LogP contribution in [0.3, 0.4) is 0 Å². The summed E-state index contributed by atoms with van der Waals surface area (Å²) in [5.74, 6) is 0. The van der Waals surface area contributed by atoms with Crippen LogP contribution in [0.15, 0.2) is 0 Å². The van der Waals surface area contributed by atoms with Crippen molar-refractivity contribution in [2.75, 3.05) is 0 Å². The maximum atomic E-state index is 9.00. The first-order chi connectivity index (χ1) is 5.16. The molecular weight excluding hydrogens is 138 g/mol. The van der Waals surface area contributed by atoms with Gasteiger partial charge in [0.05, 0.1) is 6.10 Å². The van der Waals surface area contributed by atoms with E-state index in [0.29, 0.717) is 0 Å². The third-order valence-electron chi connectivity index (χ3n) is 1.82. The van der Waals surface area contributed by atoms with Gasteiger partial charge in [-0.15, -0.1) is 0 Å². The molecule has 0 aromatic rings. The Bertz CT molecular complexity index is 83.6. The van der Waals surface area contributed by atoms with Gasteiger partial charge in [0.1, 0.15) is 0 Å². The lowest BCUT2D eigenvalue weighted by Gasteiger charge is -2.12. The van der Waals surface area contributed by atoms with Gasteiger partial charge >= 0.3 is 0 Å². The summed E-state index contributed by atoms with van der Waals surface area (Å²) < 4.78 is 0. The minimum atomic E-state index is -0.244. The maximum absolute atomic E-state index is 9.00. The molecule has 2 unspecified atom stereocenters. The lowest BCUT2D eigenvalue weighted by Crippen LogP contribution is -2.24. The molecule has 3 N–H and O–H groups in total. The number of unbranched alkanes of at least 4 members (excludes halogenated alkanes) is 2. The number of aliphatic hydroxyl groups excluding tert-OH is 1. The third kappa shape index (κ3) is 7.82. The summed E-state index contributed by atoms with van der Waals surface area (Å²) in [6.45, 7) is 3.97. The van der Waals surface area contributed by atoms with Crippen molar-refractivity contribution in [1.29, 1.82) is 0 Å². The van der Waals surface area contributed by atoms with E-state index in [-0.39, 0.29) is 12.1 Å². The van der Waals surface area contributed by atoms with E-state index < -0.39 is 0 Å². The zero-order valence-electron chi connectivity index (χ0n) is 7.71. The van der Waals surface area contributed by atoms with Crippen LogP contribution in [-0.2, 0) is 0 Å². The molecule has 0 aliphatic carbocycles. The lowest BCUT2D eigenvalue weighted by molar-refractivity contribution is 0.172. The van der Waals surface area contributed by atoms with Crippen molar-refractivity contribution in [2.45, 2.75) is 58.1 Å². The van der Waals surface area contributed by atoms with E-state index in [2.05, 4.69) is 6.92 Å². The highest BCUT2D eigenvalue weighted by Gasteiger charge is 2.04. The summed E-state index contributed by atoms with van der Waals surface area (Å²) in [6, 6.07) is 0.196. The van der Waals surface area contributed by atoms with E-state index in [0.717, 1.165) is 12.8 Å². The normalized spacial score (nSPS) is 16.4. The van der Waals surface area contributed by atoms with Crippen molar-refractivity contribution in [2.24, 2.45) is 5.73 Å². The molecular formula is C9H21NO. The number of hydrogen-bond acceptors (Lipinski definition) is 2. The van der Waals surface area contributed by atoms with Gasteiger partial charge in [0, 0.05) is 6.04 Å². The van der Waals surface area contributed by atoms with Gasteiger partial charge < -0.3 is 10.8 Å². The number of hydrogen-bond donors (Lipinski definition) is 2. The van der Waals surface area contributed by atoms with Crippen molar-refractivity contribution in [3.05, 3.63) is 0 Å². The Morgan fingerprint density at radius 3 is 2.45 bits per heavy atom. The molecule has 0 aliphatic rings. The molecule has 0 rings (SSSR count). The Hall–Kier alpha value is -0.0800. The van der Waals surface area contributed by atoms with Gasteiger partial charge in [-0.2, -0.15) is 0 Å². The van der Waals surface area contributed by atoms with E-state index in [1.54, 1.807) is 6.92 Å². The number of nitrogens with two attached hydrogens (primary N) is 1. The van der Waals surface area contributed by atoms with Crippen LogP contribution in [0, 0.1) is 0 Å². The van der Waals surface area contributed by atoms with E-state index >= 15 is 0 Å². The topological polar surface area (TPSA) is 46.2 Å². The Kier molecular flexibility index (Phi) is 6.57. The molecule has 0 saturated carbocycles. The quantitative estimate of drug-likeness (QED) is 0.579. The van der Waals surface area contributed by atoms with Gasteiger partial charge in [-0.25, -0.2) is 0 Å². The van der Waals surface area contributed by atoms with Crippen LogP contribution in [-0.4, -0.2) is 17.3 Å². The summed E-state index contributed by atoms with van der Waals surface area (Å²) >= 11 is 0. The monoisotopic (exact) mass is 159 g/mol. The fourth-order valence-electron chi connectivity index (χ4n) is 1.21. The van der Waals surface area contributed by atoms with E-state index in [4.69, 9.17) is 10.8 Å². The van der Waals surface area contributed by atoms with E-state index in [9.17, 15) is 0 Å². The molecule has 0 bridgehead atoms. The average molecular weight is 159 g/mol. The highest BCUT2D eigenvalue weighted by molar-refractivity contribution is 4.64. The molecule has 0 aliphatic heterocycles. The van der Waals surface area contributed by atoms with Gasteiger partial charge in [-0.1, -0.05) is 26.2 Å². The van der Waals surface area contributed by atoms with Gasteiger partial charge in [0.15, 0.2) is 0 Å². The molecule has 0 heterocycles. The lowest BCUT2D eigenvalue weighted by atomic mass is 10.0. The summed E-state index contributed by atoms with van der Waals surface area (Å²) in [7, 11) is 0. The average Bonchev–Trinajstić information content (AvgIpc) is 1.86. The maximum Gasteiger partial charge on any atom is 0.0526 e. The molecule has 0 aromatic carbocycles. The first-order valence-corrected chi connectivity index (χ1v) is 4.60. The summed E-state index contributed by atoms with van der Waals surface area (Å²) in [5.41, 5.74) is 5.76. The molecule has 0 radical (unpaired) electrons. The van der Waals surface area contributed by atoms with Gasteiger partial charge in [0.2, 0.25) is 0 Å². The minimum Gasteiger partial charge on any atom is -0.393 e. The van der Waals surface area contributed by atoms with Crippen LogP contribution in [0.25, 0.3) is 0 Å². The molecule has 0 spiro atoms. The fraction of sp³-hybridized carbons (Fsp3) is 1.00. The van der Waals surface area contributed by atoms with Crippen LogP contribution >= 0.6 is 0 Å². The Morgan fingerprint density at radius 1 is 1.36 bits per heavy atom. The van der Waals surface area contributed by atoms with Crippen molar-refractivity contribution >= 4 is 0 Å². The highest BCUT2D eigenvalue weighted by atomic mass is 16.3. The van der Waals surface area contributed by atoms with Gasteiger partial charge in [-0.05, 0) is 19.8 Å². The van der Waals surface area contributed by atoms with Crippen molar-refractivity contribution < 1.29 is 5.11 Å². The Labute approximate surface area is 69.8 Å². The Morgan fingerprint density at radius 2 is 2.00 bits per heavy atom. The smallest absolute Gasteiger partial charge is 0.0526 e. The first-order valence-electron chi connectivity index (χ1n) is 4.60. The Balaban J connectivity index is 3.15. The van der Waals surface area contributed by atoms with Crippen LogP contribution < -0.4 is 5.73 Å². The summed E-state index contributed by atoms with van der Waals surface area (Å²) in [6.07, 6.45) is 5.24. The number of aliphatic hydroxyl groups is 1. The molecule has 0 saturated heterocycles.